The normalized spacial score (nSPS) is 16.8. The van der Waals surface area contributed by atoms with Gasteiger partial charge in [0.05, 0.1) is 10.7 Å². The van der Waals surface area contributed by atoms with E-state index in [1.165, 1.54) is 22.8 Å². The minimum Gasteiger partial charge on any atom is -0.381 e. The highest BCUT2D eigenvalue weighted by Crippen LogP contribution is 2.28. The molecular weight excluding hydrogens is 296 g/mol. The van der Waals surface area contributed by atoms with Gasteiger partial charge in [-0.15, -0.1) is 0 Å². The quantitative estimate of drug-likeness (QED) is 0.817. The Morgan fingerprint density at radius 2 is 2.15 bits per heavy atom. The first kappa shape index (κ1) is 9.59. The molecule has 0 spiro atoms. The van der Waals surface area contributed by atoms with Crippen LogP contribution in [0.2, 0.25) is 5.02 Å². The molecule has 0 atom stereocenters. The molecule has 1 aliphatic rings. The van der Waals surface area contributed by atoms with Crippen LogP contribution in [-0.4, -0.2) is 6.04 Å². The van der Waals surface area contributed by atoms with Crippen molar-refractivity contribution in [1.82, 2.24) is 0 Å². The highest BCUT2D eigenvalue weighted by atomic mass is 127. The van der Waals surface area contributed by atoms with E-state index in [9.17, 15) is 0 Å². The number of halogens is 2. The monoisotopic (exact) mass is 307 g/mol. The predicted octanol–water partition coefficient (Wildman–Crippen LogP) is 3.91. The number of hydrogen-bond donors (Lipinski definition) is 1. The number of rotatable bonds is 2. The van der Waals surface area contributed by atoms with Crippen molar-refractivity contribution in [3.8, 4) is 0 Å². The van der Waals surface area contributed by atoms with E-state index in [0.717, 1.165) is 10.7 Å². The van der Waals surface area contributed by atoms with Gasteiger partial charge in [-0.2, -0.15) is 0 Å². The Hall–Kier alpha value is 0.0400. The molecule has 0 amide bonds. The largest absolute Gasteiger partial charge is 0.381 e. The molecule has 1 aliphatic carbocycles. The van der Waals surface area contributed by atoms with E-state index in [1.807, 2.05) is 6.07 Å². The van der Waals surface area contributed by atoms with E-state index >= 15 is 0 Å². The molecule has 0 unspecified atom stereocenters. The highest BCUT2D eigenvalue weighted by Gasteiger charge is 2.17. The molecule has 70 valence electrons. The average Bonchev–Trinajstić information content (AvgIpc) is 1.99. The molecule has 1 aromatic carbocycles. The van der Waals surface area contributed by atoms with Crippen molar-refractivity contribution in [1.29, 1.82) is 0 Å². The summed E-state index contributed by atoms with van der Waals surface area (Å²) in [5.74, 6) is 0. The Labute approximate surface area is 97.0 Å². The summed E-state index contributed by atoms with van der Waals surface area (Å²) in [5, 5.41) is 4.27. The third-order valence-corrected chi connectivity index (χ3v) is 3.38. The lowest BCUT2D eigenvalue weighted by atomic mass is 9.93. The first-order valence-corrected chi connectivity index (χ1v) is 5.93. The molecule has 0 radical (unpaired) electrons. The van der Waals surface area contributed by atoms with E-state index in [-0.39, 0.29) is 0 Å². The lowest BCUT2D eigenvalue weighted by molar-refractivity contribution is 0.445. The second-order valence-corrected chi connectivity index (χ2v) is 5.05. The molecule has 0 aliphatic heterocycles. The molecule has 1 nitrogen and oxygen atoms in total. The smallest absolute Gasteiger partial charge is 0.0648 e. The zero-order chi connectivity index (χ0) is 9.26. The summed E-state index contributed by atoms with van der Waals surface area (Å²) >= 11 is 8.35. The topological polar surface area (TPSA) is 12.0 Å². The molecule has 2 rings (SSSR count). The van der Waals surface area contributed by atoms with Crippen LogP contribution in [0.1, 0.15) is 19.3 Å². The van der Waals surface area contributed by atoms with Crippen molar-refractivity contribution < 1.29 is 0 Å². The van der Waals surface area contributed by atoms with E-state index < -0.39 is 0 Å². The summed E-state index contributed by atoms with van der Waals surface area (Å²) in [6.07, 6.45) is 3.91. The van der Waals surface area contributed by atoms with Gasteiger partial charge in [-0.1, -0.05) is 11.6 Å². The van der Waals surface area contributed by atoms with Gasteiger partial charge in [0, 0.05) is 9.61 Å². The first-order valence-electron chi connectivity index (χ1n) is 4.47. The van der Waals surface area contributed by atoms with Crippen LogP contribution in [0.15, 0.2) is 18.2 Å². The summed E-state index contributed by atoms with van der Waals surface area (Å²) in [7, 11) is 0. The third kappa shape index (κ3) is 2.29. The minimum atomic E-state index is 0.651. The van der Waals surface area contributed by atoms with Gasteiger partial charge < -0.3 is 5.32 Å². The van der Waals surface area contributed by atoms with Gasteiger partial charge in [0.25, 0.3) is 0 Å². The number of benzene rings is 1. The maximum atomic E-state index is 6.09. The summed E-state index contributed by atoms with van der Waals surface area (Å²) < 4.78 is 1.18. The van der Waals surface area contributed by atoms with E-state index in [2.05, 4.69) is 40.0 Å². The Kier molecular flexibility index (Phi) is 2.99. The summed E-state index contributed by atoms with van der Waals surface area (Å²) in [5.41, 5.74) is 1.08. The standard InChI is InChI=1S/C10H11ClIN/c11-9-6-7(12)4-5-10(9)13-8-2-1-3-8/h4-6,8,13H,1-3H2. The Bertz CT molecular complexity index is 310. The van der Waals surface area contributed by atoms with Crippen LogP contribution in [-0.2, 0) is 0 Å². The lowest BCUT2D eigenvalue weighted by Gasteiger charge is -2.27. The SMILES string of the molecule is Clc1cc(I)ccc1NC1CCC1. The molecule has 1 aromatic rings. The Balaban J connectivity index is 2.10. The van der Waals surface area contributed by atoms with E-state index in [1.54, 1.807) is 0 Å². The van der Waals surface area contributed by atoms with Gasteiger partial charge in [-0.25, -0.2) is 0 Å². The van der Waals surface area contributed by atoms with Crippen LogP contribution in [0.5, 0.6) is 0 Å². The van der Waals surface area contributed by atoms with Crippen LogP contribution in [0.4, 0.5) is 5.69 Å². The van der Waals surface area contributed by atoms with Gasteiger partial charge in [0.15, 0.2) is 0 Å². The number of nitrogens with one attached hydrogen (secondary N) is 1. The van der Waals surface area contributed by atoms with Gasteiger partial charge in [0.1, 0.15) is 0 Å². The maximum Gasteiger partial charge on any atom is 0.0648 e. The van der Waals surface area contributed by atoms with Crippen LogP contribution >= 0.6 is 34.2 Å². The molecule has 3 heteroatoms. The second-order valence-electron chi connectivity index (χ2n) is 3.40. The van der Waals surface area contributed by atoms with Crippen molar-refractivity contribution in [2.45, 2.75) is 25.3 Å². The molecule has 1 N–H and O–H groups in total. The maximum absolute atomic E-state index is 6.09. The fourth-order valence-corrected chi connectivity index (χ4v) is 2.29. The molecule has 0 heterocycles. The zero-order valence-corrected chi connectivity index (χ0v) is 10.1. The van der Waals surface area contributed by atoms with Crippen molar-refractivity contribution in [2.75, 3.05) is 5.32 Å². The van der Waals surface area contributed by atoms with Crippen LogP contribution in [0.25, 0.3) is 0 Å². The van der Waals surface area contributed by atoms with Crippen molar-refractivity contribution >= 4 is 39.9 Å². The second kappa shape index (κ2) is 4.05. The number of hydrogen-bond acceptors (Lipinski definition) is 1. The van der Waals surface area contributed by atoms with Gasteiger partial charge >= 0.3 is 0 Å². The molecule has 1 fully saturated rings. The van der Waals surface area contributed by atoms with E-state index in [0.29, 0.717) is 6.04 Å². The van der Waals surface area contributed by atoms with Crippen molar-refractivity contribution in [3.05, 3.63) is 26.8 Å². The zero-order valence-electron chi connectivity index (χ0n) is 7.19. The highest BCUT2D eigenvalue weighted by molar-refractivity contribution is 14.1. The molecule has 0 bridgehead atoms. The Morgan fingerprint density at radius 1 is 1.38 bits per heavy atom. The average molecular weight is 308 g/mol. The van der Waals surface area contributed by atoms with Crippen LogP contribution in [0.3, 0.4) is 0 Å². The van der Waals surface area contributed by atoms with Crippen LogP contribution < -0.4 is 5.32 Å². The Morgan fingerprint density at radius 3 is 2.69 bits per heavy atom. The molecule has 0 saturated heterocycles. The summed E-state index contributed by atoms with van der Waals surface area (Å²) in [4.78, 5) is 0. The lowest BCUT2D eigenvalue weighted by Crippen LogP contribution is -2.27. The van der Waals surface area contributed by atoms with Crippen LogP contribution in [0, 0.1) is 3.57 Å². The fourth-order valence-electron chi connectivity index (χ4n) is 1.38. The molecule has 1 saturated carbocycles. The van der Waals surface area contributed by atoms with Gasteiger partial charge in [-0.3, -0.25) is 0 Å². The fraction of sp³-hybridized carbons (Fsp3) is 0.400. The van der Waals surface area contributed by atoms with Crippen molar-refractivity contribution in [3.63, 3.8) is 0 Å². The number of anilines is 1. The first-order chi connectivity index (χ1) is 6.25. The summed E-state index contributed by atoms with van der Waals surface area (Å²) in [6.45, 7) is 0. The molecular formula is C10H11ClIN. The predicted molar refractivity (Wildman–Crippen MR) is 65.4 cm³/mol. The molecule has 0 aromatic heterocycles. The third-order valence-electron chi connectivity index (χ3n) is 2.40. The van der Waals surface area contributed by atoms with Gasteiger partial charge in [0.2, 0.25) is 0 Å². The minimum absolute atomic E-state index is 0.651. The molecule has 13 heavy (non-hydrogen) atoms. The summed E-state index contributed by atoms with van der Waals surface area (Å²) in [6, 6.07) is 6.77. The van der Waals surface area contributed by atoms with E-state index in [4.69, 9.17) is 11.6 Å². The van der Waals surface area contributed by atoms with Gasteiger partial charge in [-0.05, 0) is 60.1 Å². The van der Waals surface area contributed by atoms with Crippen molar-refractivity contribution in [2.24, 2.45) is 0 Å².